The Balaban J connectivity index is 1.37. The lowest BCUT2D eigenvalue weighted by molar-refractivity contribution is -0.130. The van der Waals surface area contributed by atoms with Crippen LogP contribution in [0.4, 0.5) is 0 Å². The fourth-order valence-electron chi connectivity index (χ4n) is 5.51. The van der Waals surface area contributed by atoms with Crippen molar-refractivity contribution in [2.75, 3.05) is 39.4 Å². The van der Waals surface area contributed by atoms with E-state index in [0.29, 0.717) is 36.6 Å². The minimum absolute atomic E-state index is 0.187. The molecule has 160 valence electrons. The van der Waals surface area contributed by atoms with Crippen molar-refractivity contribution in [3.63, 3.8) is 0 Å². The molecular formula is C23H30N4O3. The molecule has 30 heavy (non-hydrogen) atoms. The molecule has 3 fully saturated rings. The van der Waals surface area contributed by atoms with Crippen LogP contribution < -0.4 is 0 Å². The number of hydrogen-bond acceptors (Lipinski definition) is 6. The molecule has 3 saturated heterocycles. The van der Waals surface area contributed by atoms with Crippen LogP contribution in [-0.4, -0.2) is 71.3 Å². The SMILES string of the molecule is Cc1noc([C@]23CN(C(=O)Cc4ccccc4C)C[C@H]2CN(C2CCOCC2)C3)n1. The number of aryl methyl sites for hydroxylation is 2. The molecule has 7 heteroatoms. The third-order valence-electron chi connectivity index (χ3n) is 7.25. The molecule has 7 nitrogen and oxygen atoms in total. The van der Waals surface area contributed by atoms with Gasteiger partial charge >= 0.3 is 0 Å². The highest BCUT2D eigenvalue weighted by atomic mass is 16.5. The Kier molecular flexibility index (Phi) is 5.11. The summed E-state index contributed by atoms with van der Waals surface area (Å²) in [7, 11) is 0. The molecule has 5 rings (SSSR count). The van der Waals surface area contributed by atoms with Crippen molar-refractivity contribution in [3.05, 3.63) is 47.1 Å². The van der Waals surface area contributed by atoms with E-state index < -0.39 is 0 Å². The first-order chi connectivity index (χ1) is 14.5. The molecule has 4 heterocycles. The molecule has 0 N–H and O–H groups in total. The Morgan fingerprint density at radius 3 is 2.70 bits per heavy atom. The summed E-state index contributed by atoms with van der Waals surface area (Å²) in [6.45, 7) is 8.85. The molecule has 1 aromatic heterocycles. The lowest BCUT2D eigenvalue weighted by Gasteiger charge is -2.33. The molecule has 2 aromatic rings. The first kappa shape index (κ1) is 19.7. The van der Waals surface area contributed by atoms with Gasteiger partial charge < -0.3 is 14.2 Å². The Bertz CT molecular complexity index is 923. The van der Waals surface area contributed by atoms with Gasteiger partial charge in [-0.25, -0.2) is 0 Å². The highest BCUT2D eigenvalue weighted by Crippen LogP contribution is 2.45. The molecular weight excluding hydrogens is 380 g/mol. The summed E-state index contributed by atoms with van der Waals surface area (Å²) in [4.78, 5) is 22.4. The van der Waals surface area contributed by atoms with E-state index in [1.54, 1.807) is 0 Å². The number of likely N-dealkylation sites (tertiary alicyclic amines) is 2. The topological polar surface area (TPSA) is 71.7 Å². The van der Waals surface area contributed by atoms with Gasteiger partial charge in [0.25, 0.3) is 0 Å². The Morgan fingerprint density at radius 1 is 1.17 bits per heavy atom. The summed E-state index contributed by atoms with van der Waals surface area (Å²) >= 11 is 0. The molecule has 0 radical (unpaired) electrons. The first-order valence-corrected chi connectivity index (χ1v) is 11.0. The minimum Gasteiger partial charge on any atom is -0.381 e. The molecule has 1 amide bonds. The van der Waals surface area contributed by atoms with E-state index in [2.05, 4.69) is 28.0 Å². The molecule has 1 aromatic carbocycles. The van der Waals surface area contributed by atoms with Crippen LogP contribution in [-0.2, 0) is 21.4 Å². The van der Waals surface area contributed by atoms with Gasteiger partial charge in [0.2, 0.25) is 11.8 Å². The minimum atomic E-state index is -0.263. The number of nitrogens with zero attached hydrogens (tertiary/aromatic N) is 4. The summed E-state index contributed by atoms with van der Waals surface area (Å²) in [5.41, 5.74) is 2.00. The Labute approximate surface area is 177 Å². The molecule has 0 spiro atoms. The van der Waals surface area contributed by atoms with Crippen LogP contribution in [0.5, 0.6) is 0 Å². The van der Waals surface area contributed by atoms with Gasteiger partial charge in [0.15, 0.2) is 5.82 Å². The normalized spacial score (nSPS) is 27.5. The van der Waals surface area contributed by atoms with Gasteiger partial charge in [-0.05, 0) is 37.8 Å². The maximum Gasteiger partial charge on any atom is 0.236 e. The number of carbonyl (C=O) groups excluding carboxylic acids is 1. The number of rotatable bonds is 4. The quantitative estimate of drug-likeness (QED) is 0.769. The van der Waals surface area contributed by atoms with Crippen LogP contribution in [0.15, 0.2) is 28.8 Å². The molecule has 3 aliphatic heterocycles. The van der Waals surface area contributed by atoms with E-state index in [1.165, 1.54) is 0 Å². The van der Waals surface area contributed by atoms with Crippen LogP contribution in [0, 0.1) is 19.8 Å². The van der Waals surface area contributed by atoms with E-state index >= 15 is 0 Å². The molecule has 0 unspecified atom stereocenters. The third-order valence-corrected chi connectivity index (χ3v) is 7.25. The number of aromatic nitrogens is 2. The summed E-state index contributed by atoms with van der Waals surface area (Å²) < 4.78 is 11.3. The number of amides is 1. The van der Waals surface area contributed by atoms with Crippen molar-refractivity contribution < 1.29 is 14.1 Å². The van der Waals surface area contributed by atoms with Crippen molar-refractivity contribution in [3.8, 4) is 0 Å². The van der Waals surface area contributed by atoms with Crippen molar-refractivity contribution >= 4 is 5.91 Å². The second kappa shape index (κ2) is 7.78. The maximum atomic E-state index is 13.2. The first-order valence-electron chi connectivity index (χ1n) is 11.0. The van der Waals surface area contributed by atoms with E-state index in [1.807, 2.05) is 30.0 Å². The summed E-state index contributed by atoms with van der Waals surface area (Å²) in [5.74, 6) is 1.87. The lowest BCUT2D eigenvalue weighted by atomic mass is 9.81. The van der Waals surface area contributed by atoms with E-state index in [0.717, 1.165) is 56.8 Å². The smallest absolute Gasteiger partial charge is 0.236 e. The third kappa shape index (κ3) is 3.44. The fraction of sp³-hybridized carbons (Fsp3) is 0.609. The number of fused-ring (bicyclic) bond motifs is 1. The zero-order valence-corrected chi connectivity index (χ0v) is 17.8. The van der Waals surface area contributed by atoms with E-state index in [-0.39, 0.29) is 11.3 Å². The summed E-state index contributed by atoms with van der Waals surface area (Å²) in [5, 5.41) is 4.08. The van der Waals surface area contributed by atoms with Crippen LogP contribution >= 0.6 is 0 Å². The van der Waals surface area contributed by atoms with E-state index in [9.17, 15) is 4.79 Å². The summed E-state index contributed by atoms with van der Waals surface area (Å²) in [6, 6.07) is 8.68. The number of benzene rings is 1. The average molecular weight is 411 g/mol. The van der Waals surface area contributed by atoms with Crippen molar-refractivity contribution in [2.24, 2.45) is 5.92 Å². The zero-order valence-electron chi connectivity index (χ0n) is 17.8. The second-order valence-corrected chi connectivity index (χ2v) is 9.15. The predicted molar refractivity (Wildman–Crippen MR) is 111 cm³/mol. The highest BCUT2D eigenvalue weighted by molar-refractivity contribution is 5.79. The number of ether oxygens (including phenoxy) is 1. The second-order valence-electron chi connectivity index (χ2n) is 9.15. The maximum absolute atomic E-state index is 13.2. The van der Waals surface area contributed by atoms with Crippen molar-refractivity contribution in [1.82, 2.24) is 19.9 Å². The molecule has 2 atom stereocenters. The van der Waals surface area contributed by atoms with Gasteiger partial charge in [-0.1, -0.05) is 29.4 Å². The monoisotopic (exact) mass is 410 g/mol. The van der Waals surface area contributed by atoms with Crippen LogP contribution in [0.2, 0.25) is 0 Å². The molecule has 3 aliphatic rings. The van der Waals surface area contributed by atoms with Gasteiger partial charge in [-0.2, -0.15) is 4.98 Å². The average Bonchev–Trinajstić information content (AvgIpc) is 3.43. The largest absolute Gasteiger partial charge is 0.381 e. The number of carbonyl (C=O) groups is 1. The summed E-state index contributed by atoms with van der Waals surface area (Å²) in [6.07, 6.45) is 2.59. The molecule has 0 saturated carbocycles. The van der Waals surface area contributed by atoms with E-state index in [4.69, 9.17) is 9.26 Å². The van der Waals surface area contributed by atoms with Gasteiger partial charge in [0.05, 0.1) is 11.8 Å². The van der Waals surface area contributed by atoms with Crippen molar-refractivity contribution in [1.29, 1.82) is 0 Å². The van der Waals surface area contributed by atoms with Gasteiger partial charge in [0.1, 0.15) is 0 Å². The van der Waals surface area contributed by atoms with Gasteiger partial charge in [0, 0.05) is 51.4 Å². The Hall–Kier alpha value is -2.25. The van der Waals surface area contributed by atoms with Gasteiger partial charge in [-0.3, -0.25) is 9.69 Å². The highest BCUT2D eigenvalue weighted by Gasteiger charge is 2.58. The Morgan fingerprint density at radius 2 is 1.97 bits per heavy atom. The van der Waals surface area contributed by atoms with Crippen molar-refractivity contribution in [2.45, 2.75) is 44.6 Å². The molecule has 0 aliphatic carbocycles. The van der Waals surface area contributed by atoms with Crippen LogP contribution in [0.1, 0.15) is 35.7 Å². The van der Waals surface area contributed by atoms with Gasteiger partial charge in [-0.15, -0.1) is 0 Å². The fourth-order valence-corrected chi connectivity index (χ4v) is 5.51. The lowest BCUT2D eigenvalue weighted by Crippen LogP contribution is -2.44. The van der Waals surface area contributed by atoms with Crippen LogP contribution in [0.3, 0.4) is 0 Å². The molecule has 0 bridgehead atoms. The van der Waals surface area contributed by atoms with Crippen LogP contribution in [0.25, 0.3) is 0 Å². The predicted octanol–water partition coefficient (Wildman–Crippen LogP) is 2.12. The zero-order chi connectivity index (χ0) is 20.7. The number of hydrogen-bond donors (Lipinski definition) is 0. The standard InChI is InChI=1S/C23H30N4O3/c1-16-5-3-4-6-18(16)11-21(28)27-13-19-12-26(20-7-9-29-10-8-20)14-23(19,15-27)22-24-17(2)25-30-22/h3-6,19-20H,7-15H2,1-2H3/t19-,23-/m1/s1.